The van der Waals surface area contributed by atoms with E-state index in [4.69, 9.17) is 0 Å². The van der Waals surface area contributed by atoms with Gasteiger partial charge in [-0.1, -0.05) is 0 Å². The Morgan fingerprint density at radius 2 is 2.10 bits per heavy atom. The molecule has 0 aliphatic carbocycles. The average Bonchev–Trinajstić information content (AvgIpc) is 3.19. The van der Waals surface area contributed by atoms with E-state index < -0.39 is 0 Å². The molecule has 2 saturated heterocycles. The van der Waals surface area contributed by atoms with Gasteiger partial charge in [0.2, 0.25) is 0 Å². The number of rotatable bonds is 3. The number of aromatic nitrogens is 3. The van der Waals surface area contributed by atoms with Crippen molar-refractivity contribution in [1.29, 1.82) is 0 Å². The van der Waals surface area contributed by atoms with Gasteiger partial charge in [0.05, 0.1) is 6.04 Å². The first kappa shape index (κ1) is 12.7. The van der Waals surface area contributed by atoms with E-state index in [1.807, 2.05) is 0 Å². The third kappa shape index (κ3) is 2.36. The summed E-state index contributed by atoms with van der Waals surface area (Å²) in [5.74, 6) is 1.17. The van der Waals surface area contributed by atoms with E-state index in [-0.39, 0.29) is 0 Å². The Balaban J connectivity index is 1.33. The molecular weight excluding hydrogens is 252 g/mol. The molecule has 0 radical (unpaired) electrons. The summed E-state index contributed by atoms with van der Waals surface area (Å²) in [5, 5.41) is 7.83. The summed E-state index contributed by atoms with van der Waals surface area (Å²) in [6.45, 7) is 8.38. The zero-order valence-electron chi connectivity index (χ0n) is 12.0. The minimum absolute atomic E-state index is 0.550. The maximum absolute atomic E-state index is 4.39. The summed E-state index contributed by atoms with van der Waals surface area (Å²) >= 11 is 0. The topological polar surface area (TPSA) is 49.2 Å². The molecule has 2 atom stereocenters. The van der Waals surface area contributed by atoms with Crippen LogP contribution < -0.4 is 5.32 Å². The monoisotopic (exact) mass is 276 g/mol. The maximum Gasteiger partial charge on any atom is 0.138 e. The molecule has 0 aromatic carbocycles. The molecule has 3 aliphatic heterocycles. The van der Waals surface area contributed by atoms with Gasteiger partial charge in [0, 0.05) is 51.7 Å². The van der Waals surface area contributed by atoms with E-state index in [9.17, 15) is 0 Å². The third-order valence-corrected chi connectivity index (χ3v) is 5.08. The largest absolute Gasteiger partial charge is 0.314 e. The van der Waals surface area contributed by atoms with Crippen molar-refractivity contribution in [2.24, 2.45) is 0 Å². The molecule has 110 valence electrons. The maximum atomic E-state index is 4.39. The van der Waals surface area contributed by atoms with Gasteiger partial charge in [0.25, 0.3) is 0 Å². The highest BCUT2D eigenvalue weighted by molar-refractivity contribution is 4.97. The van der Waals surface area contributed by atoms with Crippen LogP contribution >= 0.6 is 0 Å². The van der Waals surface area contributed by atoms with Gasteiger partial charge in [-0.2, -0.15) is 5.10 Å². The van der Waals surface area contributed by atoms with Crippen LogP contribution in [0.5, 0.6) is 0 Å². The van der Waals surface area contributed by atoms with Gasteiger partial charge in [0.15, 0.2) is 0 Å². The Morgan fingerprint density at radius 1 is 1.20 bits per heavy atom. The van der Waals surface area contributed by atoms with Gasteiger partial charge in [-0.3, -0.25) is 9.80 Å². The SMILES string of the molecule is c1nc2n(n1)C(CN1CCC(N3CCNCC3)C1)CC2. The molecule has 6 heteroatoms. The van der Waals surface area contributed by atoms with Crippen molar-refractivity contribution >= 4 is 0 Å². The minimum atomic E-state index is 0.550. The van der Waals surface area contributed by atoms with E-state index >= 15 is 0 Å². The molecular formula is C14H24N6. The Labute approximate surface area is 120 Å². The van der Waals surface area contributed by atoms with Crippen molar-refractivity contribution in [3.05, 3.63) is 12.2 Å². The summed E-state index contributed by atoms with van der Waals surface area (Å²) in [7, 11) is 0. The van der Waals surface area contributed by atoms with E-state index in [1.165, 1.54) is 44.8 Å². The first-order valence-electron chi connectivity index (χ1n) is 7.95. The number of hydrogen-bond donors (Lipinski definition) is 1. The predicted octanol–water partition coefficient (Wildman–Crippen LogP) is -0.255. The molecule has 0 spiro atoms. The van der Waals surface area contributed by atoms with Gasteiger partial charge in [-0.05, 0) is 19.4 Å². The number of nitrogens with zero attached hydrogens (tertiary/aromatic N) is 5. The zero-order chi connectivity index (χ0) is 13.4. The summed E-state index contributed by atoms with van der Waals surface area (Å²) in [5.41, 5.74) is 0. The molecule has 0 bridgehead atoms. The van der Waals surface area contributed by atoms with Crippen LogP contribution in [-0.4, -0.2) is 76.4 Å². The molecule has 6 nitrogen and oxygen atoms in total. The predicted molar refractivity (Wildman–Crippen MR) is 76.7 cm³/mol. The summed E-state index contributed by atoms with van der Waals surface area (Å²) in [6, 6.07) is 1.32. The lowest BCUT2D eigenvalue weighted by atomic mass is 10.2. The molecule has 1 N–H and O–H groups in total. The van der Waals surface area contributed by atoms with Crippen LogP contribution in [0.2, 0.25) is 0 Å². The van der Waals surface area contributed by atoms with Crippen LogP contribution in [-0.2, 0) is 6.42 Å². The Kier molecular flexibility index (Phi) is 3.45. The lowest BCUT2D eigenvalue weighted by Gasteiger charge is -2.32. The minimum Gasteiger partial charge on any atom is -0.314 e. The van der Waals surface area contributed by atoms with Crippen molar-refractivity contribution in [3.63, 3.8) is 0 Å². The Hall–Kier alpha value is -0.980. The van der Waals surface area contributed by atoms with Gasteiger partial charge in [0.1, 0.15) is 12.2 Å². The molecule has 20 heavy (non-hydrogen) atoms. The first-order valence-corrected chi connectivity index (χ1v) is 7.95. The number of nitrogens with one attached hydrogen (secondary N) is 1. The number of likely N-dealkylation sites (tertiary alicyclic amines) is 1. The highest BCUT2D eigenvalue weighted by atomic mass is 15.4. The molecule has 4 heterocycles. The van der Waals surface area contributed by atoms with E-state index in [2.05, 4.69) is 29.9 Å². The Bertz CT molecular complexity index is 452. The normalized spacial score (nSPS) is 31.8. The van der Waals surface area contributed by atoms with Crippen LogP contribution in [0.25, 0.3) is 0 Å². The van der Waals surface area contributed by atoms with Gasteiger partial charge in [-0.25, -0.2) is 9.67 Å². The number of hydrogen-bond acceptors (Lipinski definition) is 5. The van der Waals surface area contributed by atoms with E-state index in [0.717, 1.165) is 32.1 Å². The van der Waals surface area contributed by atoms with Crippen molar-refractivity contribution in [1.82, 2.24) is 29.9 Å². The number of fused-ring (bicyclic) bond motifs is 1. The average molecular weight is 276 g/mol. The van der Waals surface area contributed by atoms with E-state index in [0.29, 0.717) is 6.04 Å². The molecule has 0 amide bonds. The van der Waals surface area contributed by atoms with Crippen molar-refractivity contribution in [2.45, 2.75) is 31.3 Å². The molecule has 2 unspecified atom stereocenters. The van der Waals surface area contributed by atoms with Crippen LogP contribution in [0.15, 0.2) is 6.33 Å². The lowest BCUT2D eigenvalue weighted by Crippen LogP contribution is -2.49. The third-order valence-electron chi connectivity index (χ3n) is 5.08. The van der Waals surface area contributed by atoms with Crippen LogP contribution in [0.1, 0.15) is 24.7 Å². The fourth-order valence-corrected chi connectivity index (χ4v) is 3.97. The standard InChI is InChI=1S/C14H24N6/c1-2-14-16-11-17-20(14)13(1)10-18-6-3-12(9-18)19-7-4-15-5-8-19/h11-13,15H,1-10H2. The first-order chi connectivity index (χ1) is 9.90. The smallest absolute Gasteiger partial charge is 0.138 e. The van der Waals surface area contributed by atoms with Gasteiger partial charge >= 0.3 is 0 Å². The number of piperazine rings is 1. The molecule has 3 aliphatic rings. The zero-order valence-corrected chi connectivity index (χ0v) is 12.0. The second kappa shape index (κ2) is 5.42. The summed E-state index contributed by atoms with van der Waals surface area (Å²) in [6.07, 6.45) is 5.34. The van der Waals surface area contributed by atoms with Gasteiger partial charge in [-0.15, -0.1) is 0 Å². The second-order valence-electron chi connectivity index (χ2n) is 6.30. The summed E-state index contributed by atoms with van der Waals surface area (Å²) in [4.78, 5) is 9.63. The van der Waals surface area contributed by atoms with Crippen molar-refractivity contribution < 1.29 is 0 Å². The number of aryl methyl sites for hydroxylation is 1. The molecule has 1 aromatic rings. The molecule has 0 saturated carbocycles. The highest BCUT2D eigenvalue weighted by Crippen LogP contribution is 2.26. The van der Waals surface area contributed by atoms with Crippen LogP contribution in [0, 0.1) is 0 Å². The van der Waals surface area contributed by atoms with Crippen LogP contribution in [0.3, 0.4) is 0 Å². The van der Waals surface area contributed by atoms with Crippen molar-refractivity contribution in [3.8, 4) is 0 Å². The fourth-order valence-electron chi connectivity index (χ4n) is 3.97. The van der Waals surface area contributed by atoms with Crippen molar-refractivity contribution in [2.75, 3.05) is 45.8 Å². The second-order valence-corrected chi connectivity index (χ2v) is 6.30. The Morgan fingerprint density at radius 3 is 3.00 bits per heavy atom. The summed E-state index contributed by atoms with van der Waals surface area (Å²) < 4.78 is 2.15. The molecule has 4 rings (SSSR count). The van der Waals surface area contributed by atoms with Crippen LogP contribution in [0.4, 0.5) is 0 Å². The van der Waals surface area contributed by atoms with Gasteiger partial charge < -0.3 is 5.32 Å². The highest BCUT2D eigenvalue weighted by Gasteiger charge is 2.32. The fraction of sp³-hybridized carbons (Fsp3) is 0.857. The lowest BCUT2D eigenvalue weighted by molar-refractivity contribution is 0.167. The van der Waals surface area contributed by atoms with E-state index in [1.54, 1.807) is 6.33 Å². The molecule has 1 aromatic heterocycles. The quantitative estimate of drug-likeness (QED) is 0.825. The molecule has 2 fully saturated rings.